The predicted molar refractivity (Wildman–Crippen MR) is 72.0 cm³/mol. The topological polar surface area (TPSA) is 46.3 Å². The quantitative estimate of drug-likeness (QED) is 0.850. The van der Waals surface area contributed by atoms with Crippen LogP contribution in [0.25, 0.3) is 0 Å². The summed E-state index contributed by atoms with van der Waals surface area (Å²) in [6.07, 6.45) is 1.47. The second-order valence-corrected chi connectivity index (χ2v) is 4.51. The van der Waals surface area contributed by atoms with Gasteiger partial charge in [0.25, 0.3) is 0 Å². The van der Waals surface area contributed by atoms with Crippen LogP contribution in [-0.4, -0.2) is 19.5 Å². The van der Waals surface area contributed by atoms with E-state index >= 15 is 0 Å². The van der Waals surface area contributed by atoms with Crippen molar-refractivity contribution < 1.29 is 4.79 Å². The van der Waals surface area contributed by atoms with E-state index in [9.17, 15) is 4.79 Å². The van der Waals surface area contributed by atoms with Gasteiger partial charge in [0, 0.05) is 19.2 Å². The summed E-state index contributed by atoms with van der Waals surface area (Å²) >= 11 is 0. The Hall–Kier alpha value is -1.35. The van der Waals surface area contributed by atoms with Crippen LogP contribution in [0.4, 0.5) is 5.69 Å². The van der Waals surface area contributed by atoms with Crippen molar-refractivity contribution in [3.8, 4) is 0 Å². The summed E-state index contributed by atoms with van der Waals surface area (Å²) < 4.78 is 0. The van der Waals surface area contributed by atoms with Gasteiger partial charge in [-0.3, -0.25) is 4.79 Å². The summed E-state index contributed by atoms with van der Waals surface area (Å²) in [6, 6.07) is 7.96. The van der Waals surface area contributed by atoms with Crippen molar-refractivity contribution in [3.05, 3.63) is 29.8 Å². The molecule has 1 amide bonds. The summed E-state index contributed by atoms with van der Waals surface area (Å²) in [7, 11) is 1.82. The van der Waals surface area contributed by atoms with Gasteiger partial charge in [0.1, 0.15) is 0 Å². The first-order valence-corrected chi connectivity index (χ1v) is 6.11. The van der Waals surface area contributed by atoms with Crippen molar-refractivity contribution in [2.75, 3.05) is 18.5 Å². The van der Waals surface area contributed by atoms with Gasteiger partial charge in [-0.05, 0) is 37.1 Å². The molecular weight excluding hydrogens is 212 g/mol. The lowest BCUT2D eigenvalue weighted by Gasteiger charge is -2.20. The van der Waals surface area contributed by atoms with E-state index in [0.29, 0.717) is 13.0 Å². The number of amides is 1. The number of anilines is 1. The standard InChI is InChI=1S/C14H22N2O/c1-4-12(10-15)9-14(17)16(3)13-7-5-6-11(2)8-13/h5-8,12H,4,9-10,15H2,1-3H3. The third kappa shape index (κ3) is 3.86. The Bertz CT molecular complexity index is 372. The predicted octanol–water partition coefficient (Wildman–Crippen LogP) is 2.33. The monoisotopic (exact) mass is 234 g/mol. The minimum atomic E-state index is 0.132. The van der Waals surface area contributed by atoms with Gasteiger partial charge in [0.15, 0.2) is 0 Å². The summed E-state index contributed by atoms with van der Waals surface area (Å²) in [6.45, 7) is 4.66. The van der Waals surface area contributed by atoms with Crippen LogP contribution in [0.3, 0.4) is 0 Å². The average molecular weight is 234 g/mol. The van der Waals surface area contributed by atoms with E-state index in [2.05, 4.69) is 6.92 Å². The van der Waals surface area contributed by atoms with Crippen molar-refractivity contribution >= 4 is 11.6 Å². The highest BCUT2D eigenvalue weighted by molar-refractivity contribution is 5.92. The highest BCUT2D eigenvalue weighted by atomic mass is 16.2. The molecule has 0 radical (unpaired) electrons. The zero-order valence-corrected chi connectivity index (χ0v) is 10.9. The number of rotatable bonds is 5. The van der Waals surface area contributed by atoms with Gasteiger partial charge in [-0.2, -0.15) is 0 Å². The summed E-state index contributed by atoms with van der Waals surface area (Å²) in [5, 5.41) is 0. The molecule has 1 unspecified atom stereocenters. The van der Waals surface area contributed by atoms with Crippen molar-refractivity contribution in [3.63, 3.8) is 0 Å². The molecule has 0 saturated heterocycles. The van der Waals surface area contributed by atoms with Crippen molar-refractivity contribution in [2.24, 2.45) is 11.7 Å². The van der Waals surface area contributed by atoms with Gasteiger partial charge in [0.05, 0.1) is 0 Å². The molecule has 17 heavy (non-hydrogen) atoms. The number of nitrogens with zero attached hydrogens (tertiary/aromatic N) is 1. The van der Waals surface area contributed by atoms with Crippen LogP contribution in [0, 0.1) is 12.8 Å². The Labute approximate surface area is 104 Å². The fraction of sp³-hybridized carbons (Fsp3) is 0.500. The third-order valence-corrected chi connectivity index (χ3v) is 3.14. The Kier molecular flexibility index (Phi) is 5.16. The molecule has 0 bridgehead atoms. The second-order valence-electron chi connectivity index (χ2n) is 4.51. The Morgan fingerprint density at radius 3 is 2.71 bits per heavy atom. The van der Waals surface area contributed by atoms with Gasteiger partial charge in [-0.1, -0.05) is 25.5 Å². The van der Waals surface area contributed by atoms with Crippen LogP contribution >= 0.6 is 0 Å². The molecule has 0 spiro atoms. The Morgan fingerprint density at radius 1 is 1.47 bits per heavy atom. The first-order chi connectivity index (χ1) is 8.08. The molecule has 94 valence electrons. The molecule has 0 aromatic heterocycles. The smallest absolute Gasteiger partial charge is 0.227 e. The van der Waals surface area contributed by atoms with Crippen LogP contribution in [-0.2, 0) is 4.79 Å². The molecule has 2 N–H and O–H groups in total. The fourth-order valence-corrected chi connectivity index (χ4v) is 1.76. The molecular formula is C14H22N2O. The lowest BCUT2D eigenvalue weighted by Crippen LogP contribution is -2.30. The summed E-state index contributed by atoms with van der Waals surface area (Å²) in [4.78, 5) is 13.8. The number of benzene rings is 1. The van der Waals surface area contributed by atoms with E-state index in [0.717, 1.165) is 17.7 Å². The molecule has 0 aliphatic carbocycles. The first kappa shape index (κ1) is 13.7. The van der Waals surface area contributed by atoms with E-state index in [-0.39, 0.29) is 11.8 Å². The van der Waals surface area contributed by atoms with E-state index in [1.807, 2.05) is 38.2 Å². The summed E-state index contributed by atoms with van der Waals surface area (Å²) in [5.74, 6) is 0.419. The molecule has 1 aromatic carbocycles. The van der Waals surface area contributed by atoms with Crippen LogP contribution in [0.15, 0.2) is 24.3 Å². The molecule has 1 rings (SSSR count). The number of carbonyl (C=O) groups is 1. The van der Waals surface area contributed by atoms with Gasteiger partial charge in [-0.25, -0.2) is 0 Å². The lowest BCUT2D eigenvalue weighted by atomic mass is 10.0. The highest BCUT2D eigenvalue weighted by Gasteiger charge is 2.15. The zero-order chi connectivity index (χ0) is 12.8. The van der Waals surface area contributed by atoms with Crippen LogP contribution in [0.2, 0.25) is 0 Å². The van der Waals surface area contributed by atoms with Gasteiger partial charge >= 0.3 is 0 Å². The Balaban J connectivity index is 2.69. The first-order valence-electron chi connectivity index (χ1n) is 6.11. The second kappa shape index (κ2) is 6.40. The molecule has 0 aliphatic rings. The molecule has 0 fully saturated rings. The Morgan fingerprint density at radius 2 is 2.18 bits per heavy atom. The fourth-order valence-electron chi connectivity index (χ4n) is 1.76. The van der Waals surface area contributed by atoms with Crippen LogP contribution in [0.5, 0.6) is 0 Å². The number of hydrogen-bond donors (Lipinski definition) is 1. The SMILES string of the molecule is CCC(CN)CC(=O)N(C)c1cccc(C)c1. The van der Waals surface area contributed by atoms with E-state index in [1.165, 1.54) is 0 Å². The largest absolute Gasteiger partial charge is 0.330 e. The minimum absolute atomic E-state index is 0.132. The zero-order valence-electron chi connectivity index (χ0n) is 10.9. The number of hydrogen-bond acceptors (Lipinski definition) is 2. The number of aryl methyl sites for hydroxylation is 1. The minimum Gasteiger partial charge on any atom is -0.330 e. The average Bonchev–Trinajstić information content (AvgIpc) is 2.34. The van der Waals surface area contributed by atoms with Crippen molar-refractivity contribution in [1.82, 2.24) is 0 Å². The maximum atomic E-state index is 12.1. The molecule has 1 aromatic rings. The molecule has 0 heterocycles. The van der Waals surface area contributed by atoms with E-state index in [1.54, 1.807) is 4.90 Å². The van der Waals surface area contributed by atoms with E-state index < -0.39 is 0 Å². The van der Waals surface area contributed by atoms with Crippen LogP contribution < -0.4 is 10.6 Å². The lowest BCUT2D eigenvalue weighted by molar-refractivity contribution is -0.119. The van der Waals surface area contributed by atoms with Gasteiger partial charge < -0.3 is 10.6 Å². The number of carbonyl (C=O) groups excluding carboxylic acids is 1. The van der Waals surface area contributed by atoms with Crippen molar-refractivity contribution in [1.29, 1.82) is 0 Å². The third-order valence-electron chi connectivity index (χ3n) is 3.14. The maximum absolute atomic E-state index is 12.1. The maximum Gasteiger partial charge on any atom is 0.227 e. The van der Waals surface area contributed by atoms with Gasteiger partial charge in [0.2, 0.25) is 5.91 Å². The van der Waals surface area contributed by atoms with Gasteiger partial charge in [-0.15, -0.1) is 0 Å². The normalized spacial score (nSPS) is 12.2. The molecule has 3 heteroatoms. The van der Waals surface area contributed by atoms with Crippen LogP contribution in [0.1, 0.15) is 25.3 Å². The molecule has 3 nitrogen and oxygen atoms in total. The van der Waals surface area contributed by atoms with E-state index in [4.69, 9.17) is 5.73 Å². The molecule has 0 saturated carbocycles. The van der Waals surface area contributed by atoms with Crippen molar-refractivity contribution in [2.45, 2.75) is 26.7 Å². The molecule has 1 atom stereocenters. The number of nitrogens with two attached hydrogens (primary N) is 1. The molecule has 0 aliphatic heterocycles. The summed E-state index contributed by atoms with van der Waals surface area (Å²) in [5.41, 5.74) is 7.73. The highest BCUT2D eigenvalue weighted by Crippen LogP contribution is 2.17.